The summed E-state index contributed by atoms with van der Waals surface area (Å²) < 4.78 is 6.18. The first-order valence-corrected chi connectivity index (χ1v) is 12.3. The van der Waals surface area contributed by atoms with Crippen LogP contribution in [0.25, 0.3) is 0 Å². The first-order valence-electron chi connectivity index (χ1n) is 12.3. The number of unbranched alkanes of at least 4 members (excludes halogenated alkanes) is 1. The minimum atomic E-state index is -0.268. The van der Waals surface area contributed by atoms with Crippen LogP contribution < -0.4 is 15.4 Å². The van der Waals surface area contributed by atoms with E-state index in [9.17, 15) is 4.79 Å². The normalized spacial score (nSPS) is 19.4. The van der Waals surface area contributed by atoms with Crippen LogP contribution in [0.2, 0.25) is 0 Å². The Morgan fingerprint density at radius 3 is 2.44 bits per heavy atom. The molecule has 174 valence electrons. The maximum Gasteiger partial charge on any atom is 0.163 e. The fourth-order valence-corrected chi connectivity index (χ4v) is 4.98. The quantitative estimate of drug-likeness (QED) is 0.390. The van der Waals surface area contributed by atoms with Gasteiger partial charge in [-0.05, 0) is 49.4 Å². The monoisotopic (exact) mass is 452 g/mol. The SMILES string of the molecule is CCCCOc1ccccc1[C@@H]1Nc2ccccc2NC2=C1C(=O)C[C@H](c1ccc(C)cc1)C2. The molecule has 3 aromatic carbocycles. The van der Waals surface area contributed by atoms with Crippen LogP contribution in [0, 0.1) is 6.92 Å². The molecule has 1 aliphatic carbocycles. The summed E-state index contributed by atoms with van der Waals surface area (Å²) in [4.78, 5) is 13.8. The maximum atomic E-state index is 13.8. The van der Waals surface area contributed by atoms with Crippen LogP contribution in [0.3, 0.4) is 0 Å². The van der Waals surface area contributed by atoms with E-state index in [0.717, 1.165) is 53.2 Å². The van der Waals surface area contributed by atoms with Gasteiger partial charge >= 0.3 is 0 Å². The number of hydrogen-bond acceptors (Lipinski definition) is 4. The van der Waals surface area contributed by atoms with Gasteiger partial charge in [-0.2, -0.15) is 0 Å². The standard InChI is InChI=1S/C30H32N2O2/c1-3-4-17-34-28-12-8-5-9-23(28)30-29-26(31-24-10-6-7-11-25(24)32-30)18-22(19-27(29)33)21-15-13-20(2)14-16-21/h5-16,22,30-32H,3-4,17-19H2,1-2H3/t22-,30+/m1/s1. The number of ether oxygens (including phenoxy) is 1. The number of allylic oxidation sites excluding steroid dienone is 1. The third kappa shape index (κ3) is 4.45. The summed E-state index contributed by atoms with van der Waals surface area (Å²) in [6.07, 6.45) is 3.39. The number of benzene rings is 3. The summed E-state index contributed by atoms with van der Waals surface area (Å²) in [5, 5.41) is 7.31. The summed E-state index contributed by atoms with van der Waals surface area (Å²) >= 11 is 0. The van der Waals surface area contributed by atoms with E-state index in [1.54, 1.807) is 0 Å². The van der Waals surface area contributed by atoms with Crippen LogP contribution in [0.1, 0.15) is 61.3 Å². The smallest absolute Gasteiger partial charge is 0.163 e. The van der Waals surface area contributed by atoms with E-state index in [4.69, 9.17) is 4.74 Å². The van der Waals surface area contributed by atoms with Gasteiger partial charge in [-0.1, -0.05) is 73.5 Å². The lowest BCUT2D eigenvalue weighted by Crippen LogP contribution is -2.27. The highest BCUT2D eigenvalue weighted by atomic mass is 16.5. The van der Waals surface area contributed by atoms with Gasteiger partial charge in [0, 0.05) is 23.3 Å². The molecule has 0 unspecified atom stereocenters. The Morgan fingerprint density at radius 2 is 1.65 bits per heavy atom. The number of carbonyl (C=O) groups excluding carboxylic acids is 1. The molecule has 0 saturated heterocycles. The van der Waals surface area contributed by atoms with E-state index in [0.29, 0.717) is 13.0 Å². The lowest BCUT2D eigenvalue weighted by molar-refractivity contribution is -0.116. The third-order valence-electron chi connectivity index (χ3n) is 6.84. The van der Waals surface area contributed by atoms with Crippen molar-refractivity contribution in [3.05, 3.63) is 101 Å². The molecule has 2 atom stereocenters. The number of anilines is 2. The van der Waals surface area contributed by atoms with Crippen molar-refractivity contribution in [2.24, 2.45) is 0 Å². The van der Waals surface area contributed by atoms with Gasteiger partial charge in [0.05, 0.1) is 24.0 Å². The molecule has 3 aromatic rings. The molecule has 2 aliphatic rings. The van der Waals surface area contributed by atoms with Gasteiger partial charge in [0.25, 0.3) is 0 Å². The zero-order chi connectivity index (χ0) is 23.5. The van der Waals surface area contributed by atoms with Gasteiger partial charge in [0.2, 0.25) is 0 Å². The largest absolute Gasteiger partial charge is 0.493 e. The molecule has 34 heavy (non-hydrogen) atoms. The van der Waals surface area contributed by atoms with Crippen LogP contribution >= 0.6 is 0 Å². The number of Topliss-reactive ketones (excluding diaryl/α,β-unsaturated/α-hetero) is 1. The van der Waals surface area contributed by atoms with Crippen molar-refractivity contribution in [2.75, 3.05) is 17.2 Å². The number of carbonyl (C=O) groups is 1. The highest BCUT2D eigenvalue weighted by molar-refractivity contribution is 6.01. The van der Waals surface area contributed by atoms with Gasteiger partial charge in [0.1, 0.15) is 5.75 Å². The zero-order valence-electron chi connectivity index (χ0n) is 19.9. The molecule has 0 amide bonds. The minimum absolute atomic E-state index is 0.168. The second kappa shape index (κ2) is 9.76. The number of ketones is 1. The highest BCUT2D eigenvalue weighted by Crippen LogP contribution is 2.45. The molecule has 4 heteroatoms. The number of aryl methyl sites for hydroxylation is 1. The van der Waals surface area contributed by atoms with E-state index < -0.39 is 0 Å². The molecule has 2 N–H and O–H groups in total. The van der Waals surface area contributed by atoms with Gasteiger partial charge in [-0.3, -0.25) is 4.79 Å². The molecule has 4 nitrogen and oxygen atoms in total. The Balaban J connectivity index is 1.57. The molecule has 5 rings (SSSR count). The molecule has 1 heterocycles. The van der Waals surface area contributed by atoms with Crippen molar-refractivity contribution >= 4 is 17.2 Å². The third-order valence-corrected chi connectivity index (χ3v) is 6.84. The van der Waals surface area contributed by atoms with Gasteiger partial charge in [-0.15, -0.1) is 0 Å². The van der Waals surface area contributed by atoms with Crippen LogP contribution in [0.5, 0.6) is 5.75 Å². The van der Waals surface area contributed by atoms with E-state index in [-0.39, 0.29) is 17.7 Å². The van der Waals surface area contributed by atoms with E-state index >= 15 is 0 Å². The molecular weight excluding hydrogens is 420 g/mol. The summed E-state index contributed by atoms with van der Waals surface area (Å²) in [6.45, 7) is 4.92. The average Bonchev–Trinajstić information content (AvgIpc) is 3.02. The van der Waals surface area contributed by atoms with Crippen molar-refractivity contribution in [3.8, 4) is 5.75 Å². The second-order valence-electron chi connectivity index (χ2n) is 9.32. The highest BCUT2D eigenvalue weighted by Gasteiger charge is 2.37. The van der Waals surface area contributed by atoms with Crippen molar-refractivity contribution in [3.63, 3.8) is 0 Å². The predicted octanol–water partition coefficient (Wildman–Crippen LogP) is 7.15. The number of para-hydroxylation sites is 3. The Kier molecular flexibility index (Phi) is 6.39. The van der Waals surface area contributed by atoms with Gasteiger partial charge in [0.15, 0.2) is 5.78 Å². The van der Waals surface area contributed by atoms with Crippen LogP contribution in [0.4, 0.5) is 11.4 Å². The summed E-state index contributed by atoms with van der Waals surface area (Å²) in [5.41, 5.74) is 7.28. The van der Waals surface area contributed by atoms with Crippen molar-refractivity contribution < 1.29 is 9.53 Å². The number of hydrogen-bond donors (Lipinski definition) is 2. The predicted molar refractivity (Wildman–Crippen MR) is 138 cm³/mol. The maximum absolute atomic E-state index is 13.8. The van der Waals surface area contributed by atoms with Gasteiger partial charge < -0.3 is 15.4 Å². The molecule has 0 fully saturated rings. The van der Waals surface area contributed by atoms with E-state index in [2.05, 4.69) is 66.9 Å². The Labute approximate surface area is 202 Å². The molecule has 0 bridgehead atoms. The second-order valence-corrected chi connectivity index (χ2v) is 9.32. The molecule has 0 saturated carbocycles. The Hall–Kier alpha value is -3.53. The Bertz CT molecular complexity index is 1210. The van der Waals surface area contributed by atoms with Crippen LogP contribution in [-0.2, 0) is 4.79 Å². The molecule has 1 aliphatic heterocycles. The minimum Gasteiger partial charge on any atom is -0.493 e. The Morgan fingerprint density at radius 1 is 0.912 bits per heavy atom. The fraction of sp³-hybridized carbons (Fsp3) is 0.300. The van der Waals surface area contributed by atoms with Gasteiger partial charge in [-0.25, -0.2) is 0 Å². The summed E-state index contributed by atoms with van der Waals surface area (Å²) in [7, 11) is 0. The lowest BCUT2D eigenvalue weighted by Gasteiger charge is -2.30. The molecular formula is C30H32N2O2. The first-order chi connectivity index (χ1) is 16.6. The van der Waals surface area contributed by atoms with Crippen LogP contribution in [-0.4, -0.2) is 12.4 Å². The molecule has 0 radical (unpaired) electrons. The first kappa shape index (κ1) is 22.3. The van der Waals surface area contributed by atoms with Crippen molar-refractivity contribution in [1.29, 1.82) is 0 Å². The van der Waals surface area contributed by atoms with E-state index in [1.165, 1.54) is 11.1 Å². The summed E-state index contributed by atoms with van der Waals surface area (Å²) in [6, 6.07) is 24.6. The van der Waals surface area contributed by atoms with Crippen molar-refractivity contribution in [1.82, 2.24) is 0 Å². The van der Waals surface area contributed by atoms with E-state index in [1.807, 2.05) is 30.3 Å². The topological polar surface area (TPSA) is 50.4 Å². The zero-order valence-corrected chi connectivity index (χ0v) is 19.9. The molecule has 0 spiro atoms. The van der Waals surface area contributed by atoms with Crippen LogP contribution in [0.15, 0.2) is 84.1 Å². The number of fused-ring (bicyclic) bond motifs is 1. The summed E-state index contributed by atoms with van der Waals surface area (Å²) in [5.74, 6) is 1.20. The van der Waals surface area contributed by atoms with Crippen molar-refractivity contribution in [2.45, 2.75) is 51.5 Å². The fourth-order valence-electron chi connectivity index (χ4n) is 4.98. The average molecular weight is 453 g/mol. The number of nitrogens with one attached hydrogen (secondary N) is 2. The lowest BCUT2D eigenvalue weighted by atomic mass is 9.78. The number of rotatable bonds is 6. The molecule has 0 aromatic heterocycles.